The topological polar surface area (TPSA) is 41.1 Å². The molecule has 0 saturated heterocycles. The van der Waals surface area contributed by atoms with Crippen molar-refractivity contribution in [2.75, 3.05) is 5.32 Å². The third-order valence-electron chi connectivity index (χ3n) is 4.58. The number of benzene rings is 1. The van der Waals surface area contributed by atoms with Crippen LogP contribution in [-0.4, -0.2) is 18.0 Å². The van der Waals surface area contributed by atoms with Crippen LogP contribution in [0.15, 0.2) is 24.3 Å². The van der Waals surface area contributed by atoms with Gasteiger partial charge in [-0.25, -0.2) is 0 Å². The average molecular weight is 302 g/mol. The molecule has 2 rings (SSSR count). The first-order valence-electron chi connectivity index (χ1n) is 8.73. The lowest BCUT2D eigenvalue weighted by atomic mass is 10.0. The van der Waals surface area contributed by atoms with Gasteiger partial charge in [0.05, 0.1) is 6.04 Å². The van der Waals surface area contributed by atoms with Gasteiger partial charge in [-0.2, -0.15) is 0 Å². The highest BCUT2D eigenvalue weighted by atomic mass is 16.2. The number of rotatable bonds is 5. The van der Waals surface area contributed by atoms with Gasteiger partial charge in [0, 0.05) is 11.7 Å². The summed E-state index contributed by atoms with van der Waals surface area (Å²) in [7, 11) is 0. The summed E-state index contributed by atoms with van der Waals surface area (Å²) in [6.45, 7) is 6.31. The van der Waals surface area contributed by atoms with Crippen molar-refractivity contribution < 1.29 is 4.79 Å². The summed E-state index contributed by atoms with van der Waals surface area (Å²) in [6.07, 6.45) is 7.62. The number of anilines is 1. The Balaban J connectivity index is 1.84. The zero-order valence-corrected chi connectivity index (χ0v) is 14.2. The molecule has 3 nitrogen and oxygen atoms in total. The largest absolute Gasteiger partial charge is 0.325 e. The van der Waals surface area contributed by atoms with Crippen LogP contribution in [0.25, 0.3) is 0 Å². The van der Waals surface area contributed by atoms with E-state index in [9.17, 15) is 4.79 Å². The van der Waals surface area contributed by atoms with E-state index in [4.69, 9.17) is 0 Å². The number of amides is 1. The van der Waals surface area contributed by atoms with Gasteiger partial charge in [-0.05, 0) is 43.4 Å². The monoisotopic (exact) mass is 302 g/mol. The number of carbonyl (C=O) groups excluding carboxylic acids is 1. The van der Waals surface area contributed by atoms with Crippen molar-refractivity contribution >= 4 is 11.6 Å². The van der Waals surface area contributed by atoms with Gasteiger partial charge in [0.15, 0.2) is 0 Å². The fraction of sp³-hybridized carbons (Fsp3) is 0.632. The summed E-state index contributed by atoms with van der Waals surface area (Å²) in [4.78, 5) is 12.3. The molecule has 1 saturated carbocycles. The quantitative estimate of drug-likeness (QED) is 0.789. The zero-order chi connectivity index (χ0) is 15.9. The summed E-state index contributed by atoms with van der Waals surface area (Å²) in [5.41, 5.74) is 2.17. The highest BCUT2D eigenvalue weighted by molar-refractivity contribution is 5.94. The maximum absolute atomic E-state index is 12.3. The second-order valence-corrected chi connectivity index (χ2v) is 6.84. The first-order chi connectivity index (χ1) is 10.6. The van der Waals surface area contributed by atoms with E-state index in [2.05, 4.69) is 36.6 Å². The van der Waals surface area contributed by atoms with Crippen LogP contribution >= 0.6 is 0 Å². The van der Waals surface area contributed by atoms with Crippen molar-refractivity contribution in [3.05, 3.63) is 29.8 Å². The predicted molar refractivity (Wildman–Crippen MR) is 93.2 cm³/mol. The van der Waals surface area contributed by atoms with E-state index in [1.54, 1.807) is 0 Å². The molecule has 1 aromatic rings. The Bertz CT molecular complexity index is 459. The Morgan fingerprint density at radius 3 is 2.14 bits per heavy atom. The minimum absolute atomic E-state index is 0.0570. The number of carbonyl (C=O) groups is 1. The minimum Gasteiger partial charge on any atom is -0.325 e. The Morgan fingerprint density at radius 1 is 1.00 bits per heavy atom. The van der Waals surface area contributed by atoms with E-state index >= 15 is 0 Å². The Hall–Kier alpha value is -1.35. The molecule has 0 spiro atoms. The molecular weight excluding hydrogens is 272 g/mol. The summed E-state index contributed by atoms with van der Waals surface area (Å²) in [5.74, 6) is 0.571. The molecule has 1 unspecified atom stereocenters. The maximum Gasteiger partial charge on any atom is 0.241 e. The zero-order valence-electron chi connectivity index (χ0n) is 14.2. The van der Waals surface area contributed by atoms with Crippen LogP contribution in [0.2, 0.25) is 0 Å². The number of nitrogens with one attached hydrogen (secondary N) is 2. The van der Waals surface area contributed by atoms with Crippen molar-refractivity contribution in [1.29, 1.82) is 0 Å². The highest BCUT2D eigenvalue weighted by Crippen LogP contribution is 2.19. The van der Waals surface area contributed by atoms with Crippen LogP contribution in [-0.2, 0) is 4.79 Å². The molecule has 1 fully saturated rings. The van der Waals surface area contributed by atoms with Gasteiger partial charge in [0.2, 0.25) is 5.91 Å². The number of hydrogen-bond acceptors (Lipinski definition) is 2. The lowest BCUT2D eigenvalue weighted by Crippen LogP contribution is -2.43. The van der Waals surface area contributed by atoms with E-state index in [0.717, 1.165) is 5.69 Å². The van der Waals surface area contributed by atoms with Gasteiger partial charge < -0.3 is 10.6 Å². The molecule has 1 amide bonds. The summed E-state index contributed by atoms with van der Waals surface area (Å²) >= 11 is 0. The summed E-state index contributed by atoms with van der Waals surface area (Å²) < 4.78 is 0. The van der Waals surface area contributed by atoms with E-state index in [0.29, 0.717) is 12.0 Å². The fourth-order valence-corrected chi connectivity index (χ4v) is 3.08. The van der Waals surface area contributed by atoms with E-state index < -0.39 is 0 Å². The molecule has 1 atom stereocenters. The first kappa shape index (κ1) is 17.0. The third-order valence-corrected chi connectivity index (χ3v) is 4.58. The van der Waals surface area contributed by atoms with Gasteiger partial charge in [0.25, 0.3) is 0 Å². The predicted octanol–water partition coefficient (Wildman–Crippen LogP) is 4.45. The second kappa shape index (κ2) is 8.33. The highest BCUT2D eigenvalue weighted by Gasteiger charge is 2.19. The van der Waals surface area contributed by atoms with Gasteiger partial charge in [-0.1, -0.05) is 51.7 Å². The lowest BCUT2D eigenvalue weighted by Gasteiger charge is -2.21. The van der Waals surface area contributed by atoms with Crippen molar-refractivity contribution in [2.45, 2.75) is 77.3 Å². The number of hydrogen-bond donors (Lipinski definition) is 2. The van der Waals surface area contributed by atoms with Gasteiger partial charge >= 0.3 is 0 Å². The molecule has 0 bridgehead atoms. The molecule has 0 radical (unpaired) electrons. The molecule has 0 aromatic heterocycles. The van der Waals surface area contributed by atoms with Gasteiger partial charge in [-0.15, -0.1) is 0 Å². The smallest absolute Gasteiger partial charge is 0.241 e. The molecule has 3 heteroatoms. The van der Waals surface area contributed by atoms with Crippen molar-refractivity contribution in [2.24, 2.45) is 0 Å². The third kappa shape index (κ3) is 5.13. The van der Waals surface area contributed by atoms with Gasteiger partial charge in [0.1, 0.15) is 0 Å². The molecule has 1 aliphatic rings. The van der Waals surface area contributed by atoms with Crippen LogP contribution in [0.5, 0.6) is 0 Å². The summed E-state index contributed by atoms with van der Waals surface area (Å²) in [5, 5.41) is 6.51. The van der Waals surface area contributed by atoms with E-state index in [1.807, 2.05) is 19.1 Å². The standard InChI is InChI=1S/C19H30N2O/c1-14(2)16-10-12-18(13-11-16)21-19(22)15(3)20-17-8-6-4-5-7-9-17/h10-15,17,20H,4-9H2,1-3H3,(H,21,22). The van der Waals surface area contributed by atoms with Crippen LogP contribution < -0.4 is 10.6 Å². The molecule has 22 heavy (non-hydrogen) atoms. The SMILES string of the molecule is CC(NC1CCCCCC1)C(=O)Nc1ccc(C(C)C)cc1. The van der Waals surface area contributed by atoms with E-state index in [-0.39, 0.29) is 11.9 Å². The average Bonchev–Trinajstić information content (AvgIpc) is 2.76. The molecule has 2 N–H and O–H groups in total. The van der Waals surface area contributed by atoms with Crippen molar-refractivity contribution in [3.63, 3.8) is 0 Å². The van der Waals surface area contributed by atoms with Crippen LogP contribution in [0.3, 0.4) is 0 Å². The van der Waals surface area contributed by atoms with Crippen LogP contribution in [0, 0.1) is 0 Å². The van der Waals surface area contributed by atoms with Crippen LogP contribution in [0.4, 0.5) is 5.69 Å². The minimum atomic E-state index is -0.145. The molecule has 1 aromatic carbocycles. The van der Waals surface area contributed by atoms with Crippen LogP contribution in [0.1, 0.15) is 70.8 Å². The molecule has 1 aliphatic carbocycles. The van der Waals surface area contributed by atoms with Crippen molar-refractivity contribution in [3.8, 4) is 0 Å². The normalized spacial score (nSPS) is 18.0. The second-order valence-electron chi connectivity index (χ2n) is 6.84. The Labute approximate surface area is 134 Å². The van der Waals surface area contributed by atoms with E-state index in [1.165, 1.54) is 44.1 Å². The lowest BCUT2D eigenvalue weighted by molar-refractivity contribution is -0.118. The molecule has 0 heterocycles. The van der Waals surface area contributed by atoms with Crippen molar-refractivity contribution in [1.82, 2.24) is 5.32 Å². The first-order valence-corrected chi connectivity index (χ1v) is 8.73. The molecule has 0 aliphatic heterocycles. The molecular formula is C19H30N2O. The molecule has 122 valence electrons. The summed E-state index contributed by atoms with van der Waals surface area (Å²) in [6, 6.07) is 8.50. The maximum atomic E-state index is 12.3. The fourth-order valence-electron chi connectivity index (χ4n) is 3.08. The Morgan fingerprint density at radius 2 is 1.59 bits per heavy atom. The Kier molecular flexibility index (Phi) is 6.44. The van der Waals surface area contributed by atoms with Gasteiger partial charge in [-0.3, -0.25) is 4.79 Å².